The molecule has 0 aliphatic rings. The molecule has 0 amide bonds. The molecule has 0 radical (unpaired) electrons. The van der Waals surface area contributed by atoms with Gasteiger partial charge < -0.3 is 9.47 Å². The highest BCUT2D eigenvalue weighted by Gasteiger charge is 2.08. The van der Waals surface area contributed by atoms with Gasteiger partial charge in [-0.05, 0) is 24.1 Å². The molecule has 0 heterocycles. The van der Waals surface area contributed by atoms with Crippen LogP contribution in [0.5, 0.6) is 5.75 Å². The second-order valence-corrected chi connectivity index (χ2v) is 3.72. The van der Waals surface area contributed by atoms with Gasteiger partial charge in [-0.1, -0.05) is 33.8 Å². The van der Waals surface area contributed by atoms with Crippen LogP contribution in [-0.2, 0) is 4.74 Å². The van der Waals surface area contributed by atoms with Crippen molar-refractivity contribution in [2.24, 2.45) is 5.92 Å². The fourth-order valence-corrected chi connectivity index (χ4v) is 1.08. The van der Waals surface area contributed by atoms with Crippen molar-refractivity contribution in [2.45, 2.75) is 27.7 Å². The quantitative estimate of drug-likeness (QED) is 0.753. The lowest BCUT2D eigenvalue weighted by atomic mass is 10.2. The van der Waals surface area contributed by atoms with Crippen molar-refractivity contribution in [3.05, 3.63) is 29.8 Å². The normalized spacial score (nSPS) is 9.29. The van der Waals surface area contributed by atoms with E-state index in [9.17, 15) is 4.79 Å². The summed E-state index contributed by atoms with van der Waals surface area (Å²) in [5.41, 5.74) is 0.523. The molecule has 1 aromatic carbocycles. The van der Waals surface area contributed by atoms with Crippen LogP contribution in [0.25, 0.3) is 0 Å². The van der Waals surface area contributed by atoms with E-state index in [2.05, 4.69) is 0 Å². The van der Waals surface area contributed by atoms with Crippen molar-refractivity contribution >= 4 is 5.97 Å². The number of esters is 1. The molecular formula is C14H22O3. The molecule has 0 bridgehead atoms. The molecule has 17 heavy (non-hydrogen) atoms. The highest BCUT2D eigenvalue weighted by atomic mass is 16.5. The Balaban J connectivity index is 0.00000121. The summed E-state index contributed by atoms with van der Waals surface area (Å²) in [6.07, 6.45) is 0. The minimum atomic E-state index is -0.303. The number of methoxy groups -OCH3 is 1. The van der Waals surface area contributed by atoms with Crippen molar-refractivity contribution < 1.29 is 14.3 Å². The minimum Gasteiger partial charge on any atom is -0.497 e. The molecule has 3 nitrogen and oxygen atoms in total. The average Bonchev–Trinajstić information content (AvgIpc) is 2.38. The summed E-state index contributed by atoms with van der Waals surface area (Å²) in [5.74, 6) is 0.705. The van der Waals surface area contributed by atoms with Crippen LogP contribution in [0.3, 0.4) is 0 Å². The molecule has 0 saturated heterocycles. The van der Waals surface area contributed by atoms with Crippen molar-refractivity contribution in [2.75, 3.05) is 13.7 Å². The van der Waals surface area contributed by atoms with Gasteiger partial charge in [0, 0.05) is 0 Å². The maximum absolute atomic E-state index is 11.5. The molecule has 0 aliphatic heterocycles. The van der Waals surface area contributed by atoms with E-state index < -0.39 is 0 Å². The van der Waals surface area contributed by atoms with Crippen LogP contribution in [0.1, 0.15) is 38.1 Å². The highest BCUT2D eigenvalue weighted by Crippen LogP contribution is 2.13. The molecule has 0 spiro atoms. The summed E-state index contributed by atoms with van der Waals surface area (Å²) in [4.78, 5) is 11.5. The van der Waals surface area contributed by atoms with Gasteiger partial charge in [0.2, 0.25) is 0 Å². The van der Waals surface area contributed by atoms with Crippen LogP contribution >= 0.6 is 0 Å². The predicted molar refractivity (Wildman–Crippen MR) is 69.5 cm³/mol. The Labute approximate surface area is 104 Å². The lowest BCUT2D eigenvalue weighted by Gasteiger charge is -2.07. The molecule has 0 atom stereocenters. The van der Waals surface area contributed by atoms with E-state index in [0.717, 1.165) is 0 Å². The maximum atomic E-state index is 11.5. The topological polar surface area (TPSA) is 35.5 Å². The summed E-state index contributed by atoms with van der Waals surface area (Å²) in [6, 6.07) is 6.94. The van der Waals surface area contributed by atoms with Crippen molar-refractivity contribution in [3.63, 3.8) is 0 Å². The van der Waals surface area contributed by atoms with E-state index >= 15 is 0 Å². The van der Waals surface area contributed by atoms with Gasteiger partial charge in [-0.2, -0.15) is 0 Å². The third kappa shape index (κ3) is 5.95. The van der Waals surface area contributed by atoms with E-state index in [-0.39, 0.29) is 5.97 Å². The van der Waals surface area contributed by atoms with Crippen LogP contribution in [-0.4, -0.2) is 19.7 Å². The SMILES string of the molecule is CC.COc1cccc(C(=O)OCC(C)C)c1. The van der Waals surface area contributed by atoms with E-state index in [4.69, 9.17) is 9.47 Å². The molecule has 1 rings (SSSR count). The molecule has 96 valence electrons. The number of carbonyl (C=O) groups excluding carboxylic acids is 1. The van der Waals surface area contributed by atoms with Gasteiger partial charge in [0.25, 0.3) is 0 Å². The molecule has 0 saturated carbocycles. The summed E-state index contributed by atoms with van der Waals surface area (Å²) >= 11 is 0. The van der Waals surface area contributed by atoms with Gasteiger partial charge in [-0.25, -0.2) is 4.79 Å². The zero-order chi connectivity index (χ0) is 13.3. The van der Waals surface area contributed by atoms with E-state index in [1.165, 1.54) is 0 Å². The third-order valence-electron chi connectivity index (χ3n) is 1.85. The van der Waals surface area contributed by atoms with Crippen LogP contribution in [0, 0.1) is 5.92 Å². The number of hydrogen-bond donors (Lipinski definition) is 0. The molecule has 1 aromatic rings. The van der Waals surface area contributed by atoms with Crippen LogP contribution in [0.2, 0.25) is 0 Å². The predicted octanol–water partition coefficient (Wildman–Crippen LogP) is 3.53. The van der Waals surface area contributed by atoms with E-state index in [0.29, 0.717) is 23.8 Å². The second kappa shape index (κ2) is 8.62. The summed E-state index contributed by atoms with van der Waals surface area (Å²) in [5, 5.41) is 0. The van der Waals surface area contributed by atoms with E-state index in [1.807, 2.05) is 27.7 Å². The average molecular weight is 238 g/mol. The lowest BCUT2D eigenvalue weighted by Crippen LogP contribution is -2.10. The first-order valence-electron chi connectivity index (χ1n) is 5.94. The van der Waals surface area contributed by atoms with Gasteiger partial charge >= 0.3 is 5.97 Å². The molecule has 0 aromatic heterocycles. The Hall–Kier alpha value is -1.51. The fraction of sp³-hybridized carbons (Fsp3) is 0.500. The Kier molecular flexibility index (Phi) is 7.85. The lowest BCUT2D eigenvalue weighted by molar-refractivity contribution is 0.0458. The Morgan fingerprint density at radius 2 is 1.94 bits per heavy atom. The number of benzene rings is 1. The molecule has 0 aliphatic carbocycles. The zero-order valence-electron chi connectivity index (χ0n) is 11.3. The van der Waals surface area contributed by atoms with Crippen LogP contribution in [0.4, 0.5) is 0 Å². The molecular weight excluding hydrogens is 216 g/mol. The highest BCUT2D eigenvalue weighted by molar-refractivity contribution is 5.89. The molecule has 3 heteroatoms. The van der Waals surface area contributed by atoms with Gasteiger partial charge in [0.1, 0.15) is 5.75 Å². The number of hydrogen-bond acceptors (Lipinski definition) is 3. The standard InChI is InChI=1S/C12H16O3.C2H6/c1-9(2)8-15-12(13)10-5-4-6-11(7-10)14-3;1-2/h4-7,9H,8H2,1-3H3;1-2H3. The fourth-order valence-electron chi connectivity index (χ4n) is 1.08. The minimum absolute atomic E-state index is 0.303. The smallest absolute Gasteiger partial charge is 0.338 e. The Morgan fingerprint density at radius 3 is 2.47 bits per heavy atom. The molecule has 0 unspecified atom stereocenters. The first-order chi connectivity index (χ1) is 8.13. The van der Waals surface area contributed by atoms with Gasteiger partial charge in [-0.3, -0.25) is 0 Å². The number of ether oxygens (including phenoxy) is 2. The summed E-state index contributed by atoms with van der Waals surface area (Å²) < 4.78 is 10.1. The summed E-state index contributed by atoms with van der Waals surface area (Å²) in [7, 11) is 1.57. The van der Waals surface area contributed by atoms with Crippen LogP contribution < -0.4 is 4.74 Å². The maximum Gasteiger partial charge on any atom is 0.338 e. The number of rotatable bonds is 4. The van der Waals surface area contributed by atoms with Gasteiger partial charge in [0.05, 0.1) is 19.3 Å². The largest absolute Gasteiger partial charge is 0.497 e. The second-order valence-electron chi connectivity index (χ2n) is 3.72. The zero-order valence-corrected chi connectivity index (χ0v) is 11.3. The summed E-state index contributed by atoms with van der Waals surface area (Å²) in [6.45, 7) is 8.44. The first-order valence-corrected chi connectivity index (χ1v) is 5.94. The van der Waals surface area contributed by atoms with Crippen molar-refractivity contribution in [3.8, 4) is 5.75 Å². The third-order valence-corrected chi connectivity index (χ3v) is 1.85. The van der Waals surface area contributed by atoms with Crippen molar-refractivity contribution in [1.82, 2.24) is 0 Å². The van der Waals surface area contributed by atoms with Crippen molar-refractivity contribution in [1.29, 1.82) is 0 Å². The monoisotopic (exact) mass is 238 g/mol. The Morgan fingerprint density at radius 1 is 1.29 bits per heavy atom. The van der Waals surface area contributed by atoms with Gasteiger partial charge in [-0.15, -0.1) is 0 Å². The Bertz CT molecular complexity index is 332. The first kappa shape index (κ1) is 15.5. The molecule has 0 fully saturated rings. The van der Waals surface area contributed by atoms with Gasteiger partial charge in [0.15, 0.2) is 0 Å². The van der Waals surface area contributed by atoms with Crippen LogP contribution in [0.15, 0.2) is 24.3 Å². The number of carbonyl (C=O) groups is 1. The van der Waals surface area contributed by atoms with E-state index in [1.54, 1.807) is 31.4 Å². The molecule has 0 N–H and O–H groups in total.